The van der Waals surface area contributed by atoms with Crippen LogP contribution in [0.3, 0.4) is 0 Å². The third kappa shape index (κ3) is 8.04. The fourth-order valence-corrected chi connectivity index (χ4v) is 8.28. The molecule has 9 heterocycles. The number of carbonyl (C=O) groups is 2. The SMILES string of the molecule is Cc1cc(Nc2cc(-c3ccnc(N4CCc5c(cc6n5CCCC6)C4=O)c3C=O)cn(C)c2=O)nn1C.Cc1cc(Nc2cc(B3OC(C)(C)C(C)(C)O3)cn(C)c2=O)nn1C. The monoisotopic (exact) mass is 855 g/mol. The van der Waals surface area contributed by atoms with Crippen molar-refractivity contribution in [2.24, 2.45) is 28.2 Å². The minimum absolute atomic E-state index is 0.130. The molecule has 9 rings (SSSR count). The average molecular weight is 856 g/mol. The maximum atomic E-state index is 13.6. The van der Waals surface area contributed by atoms with Crippen LogP contribution in [0.4, 0.5) is 28.8 Å². The number of nitrogens with one attached hydrogen (secondary N) is 2. The van der Waals surface area contributed by atoms with Gasteiger partial charge in [0, 0.05) is 112 Å². The Labute approximate surface area is 365 Å². The van der Waals surface area contributed by atoms with Crippen LogP contribution in [0, 0.1) is 13.8 Å². The van der Waals surface area contributed by atoms with Gasteiger partial charge in [-0.1, -0.05) is 0 Å². The number of hydrogen-bond donors (Lipinski definition) is 2. The lowest BCUT2D eigenvalue weighted by molar-refractivity contribution is 0.00578. The zero-order chi connectivity index (χ0) is 45.1. The number of aromatic nitrogens is 8. The highest BCUT2D eigenvalue weighted by molar-refractivity contribution is 6.62. The molecule has 0 spiro atoms. The molecule has 63 heavy (non-hydrogen) atoms. The summed E-state index contributed by atoms with van der Waals surface area (Å²) in [6, 6.07) is 11.0. The van der Waals surface area contributed by atoms with Crippen LogP contribution in [0.2, 0.25) is 0 Å². The van der Waals surface area contributed by atoms with Crippen LogP contribution in [-0.2, 0) is 56.9 Å². The fourth-order valence-electron chi connectivity index (χ4n) is 8.28. The molecule has 0 atom stereocenters. The second-order valence-electron chi connectivity index (χ2n) is 17.6. The topological polar surface area (TPSA) is 177 Å². The molecule has 0 radical (unpaired) electrons. The van der Waals surface area contributed by atoms with Gasteiger partial charge in [-0.25, -0.2) is 4.98 Å². The molecule has 3 aliphatic heterocycles. The van der Waals surface area contributed by atoms with Crippen molar-refractivity contribution in [2.45, 2.75) is 85.0 Å². The van der Waals surface area contributed by atoms with Gasteiger partial charge < -0.3 is 33.6 Å². The quantitative estimate of drug-likeness (QED) is 0.158. The van der Waals surface area contributed by atoms with Crippen LogP contribution >= 0.6 is 0 Å². The van der Waals surface area contributed by atoms with E-state index in [0.29, 0.717) is 64.0 Å². The van der Waals surface area contributed by atoms with Gasteiger partial charge in [-0.05, 0) is 90.6 Å². The molecule has 0 aromatic carbocycles. The van der Waals surface area contributed by atoms with Gasteiger partial charge in [0.1, 0.15) is 17.2 Å². The third-order valence-corrected chi connectivity index (χ3v) is 12.7. The summed E-state index contributed by atoms with van der Waals surface area (Å²) in [5, 5.41) is 14.9. The van der Waals surface area contributed by atoms with E-state index in [1.807, 2.05) is 73.8 Å². The summed E-state index contributed by atoms with van der Waals surface area (Å²) >= 11 is 0. The molecule has 0 unspecified atom stereocenters. The maximum absolute atomic E-state index is 13.6. The molecular weight excluding hydrogens is 801 g/mol. The summed E-state index contributed by atoms with van der Waals surface area (Å²) in [6.45, 7) is 13.3. The van der Waals surface area contributed by atoms with Crippen LogP contribution in [0.25, 0.3) is 11.1 Å². The van der Waals surface area contributed by atoms with Gasteiger partial charge in [0.05, 0.1) is 22.3 Å². The molecule has 0 saturated carbocycles. The average Bonchev–Trinajstić information content (AvgIpc) is 3.94. The molecular formula is C45H54BN11O6. The van der Waals surface area contributed by atoms with E-state index in [2.05, 4.69) is 30.4 Å². The van der Waals surface area contributed by atoms with E-state index < -0.39 is 18.3 Å². The minimum Gasteiger partial charge on any atom is -0.399 e. The smallest absolute Gasteiger partial charge is 0.399 e. The molecule has 18 heteroatoms. The summed E-state index contributed by atoms with van der Waals surface area (Å²) in [4.78, 5) is 57.5. The van der Waals surface area contributed by atoms with Crippen molar-refractivity contribution >= 4 is 53.6 Å². The number of hydrogen-bond acceptors (Lipinski definition) is 11. The Morgan fingerprint density at radius 1 is 0.746 bits per heavy atom. The van der Waals surface area contributed by atoms with E-state index in [1.54, 1.807) is 65.1 Å². The molecule has 6 aromatic rings. The van der Waals surface area contributed by atoms with Crippen LogP contribution < -0.4 is 32.1 Å². The van der Waals surface area contributed by atoms with Crippen molar-refractivity contribution in [1.29, 1.82) is 0 Å². The van der Waals surface area contributed by atoms with Crippen LogP contribution in [0.15, 0.2) is 64.6 Å². The normalized spacial score (nSPS) is 16.3. The van der Waals surface area contributed by atoms with E-state index in [9.17, 15) is 19.2 Å². The molecule has 1 amide bonds. The Hall–Kier alpha value is -6.53. The number of aryl methyl sites for hydroxylation is 7. The van der Waals surface area contributed by atoms with E-state index in [4.69, 9.17) is 9.31 Å². The highest BCUT2D eigenvalue weighted by Gasteiger charge is 2.52. The summed E-state index contributed by atoms with van der Waals surface area (Å²) in [5.41, 5.74) is 6.83. The molecule has 2 N–H and O–H groups in total. The van der Waals surface area contributed by atoms with Crippen LogP contribution in [-0.4, -0.2) is 75.3 Å². The van der Waals surface area contributed by atoms with Crippen molar-refractivity contribution in [2.75, 3.05) is 22.1 Å². The van der Waals surface area contributed by atoms with Gasteiger partial charge in [0.15, 0.2) is 17.9 Å². The van der Waals surface area contributed by atoms with Gasteiger partial charge in [0.25, 0.3) is 17.0 Å². The van der Waals surface area contributed by atoms with Gasteiger partial charge in [0.2, 0.25) is 0 Å². The Morgan fingerprint density at radius 2 is 1.35 bits per heavy atom. The van der Waals surface area contributed by atoms with Gasteiger partial charge >= 0.3 is 7.12 Å². The molecule has 0 bridgehead atoms. The van der Waals surface area contributed by atoms with Crippen molar-refractivity contribution in [3.8, 4) is 11.1 Å². The Kier molecular flexibility index (Phi) is 11.2. The van der Waals surface area contributed by atoms with Crippen LogP contribution in [0.1, 0.15) is 84.0 Å². The lowest BCUT2D eigenvalue weighted by atomic mass is 9.80. The molecule has 3 aliphatic rings. The minimum atomic E-state index is -0.525. The zero-order valence-electron chi connectivity index (χ0n) is 37.6. The first-order chi connectivity index (χ1) is 29.8. The number of aldehydes is 1. The molecule has 328 valence electrons. The van der Waals surface area contributed by atoms with E-state index in [-0.39, 0.29) is 17.0 Å². The molecule has 6 aromatic heterocycles. The zero-order valence-corrected chi connectivity index (χ0v) is 37.6. The first-order valence-electron chi connectivity index (χ1n) is 21.2. The Balaban J connectivity index is 0.000000189. The molecule has 1 saturated heterocycles. The Bertz CT molecular complexity index is 2850. The number of carbonyl (C=O) groups excluding carboxylic acids is 2. The largest absolute Gasteiger partial charge is 0.496 e. The van der Waals surface area contributed by atoms with Gasteiger partial charge in [-0.3, -0.25) is 33.4 Å². The van der Waals surface area contributed by atoms with E-state index >= 15 is 0 Å². The number of rotatable bonds is 8. The van der Waals surface area contributed by atoms with Gasteiger partial charge in [-0.2, -0.15) is 10.2 Å². The molecule has 17 nitrogen and oxygen atoms in total. The van der Waals surface area contributed by atoms with Crippen LogP contribution in [0.5, 0.6) is 0 Å². The highest BCUT2D eigenvalue weighted by atomic mass is 16.7. The number of fused-ring (bicyclic) bond motifs is 3. The first-order valence-corrected chi connectivity index (χ1v) is 21.2. The van der Waals surface area contributed by atoms with Crippen molar-refractivity contribution in [1.82, 2.24) is 38.2 Å². The summed E-state index contributed by atoms with van der Waals surface area (Å²) in [6.07, 6.45) is 9.73. The summed E-state index contributed by atoms with van der Waals surface area (Å²) < 4.78 is 20.9. The number of nitrogens with zero attached hydrogens (tertiary/aromatic N) is 9. The first kappa shape index (κ1) is 43.1. The number of anilines is 5. The van der Waals surface area contributed by atoms with Gasteiger partial charge in [-0.15, -0.1) is 0 Å². The standard InChI is InChI=1S/C28H29N7O3.C17H25BN4O3/c1-17-12-25(31-33(17)3)30-23-13-18(15-32(2)28(23)38)20-7-9-29-26(22(20)16-36)35-11-8-24-21(27(35)37)14-19-6-4-5-10-34(19)24;1-11-8-14(20-22(11)7)19-13-9-12(10-21(6)15(13)23)18-24-16(2,3)17(4,5)25-18/h7,9,12-16H,4-6,8,10-11H2,1-3H3,(H,30,31);8-10H,1-7H3,(H,19,20). The lowest BCUT2D eigenvalue weighted by Gasteiger charge is -2.32. The third-order valence-electron chi connectivity index (χ3n) is 12.7. The predicted octanol–water partition coefficient (Wildman–Crippen LogP) is 4.86. The van der Waals surface area contributed by atoms with Crippen molar-refractivity contribution in [3.05, 3.63) is 110 Å². The number of pyridine rings is 3. The maximum Gasteiger partial charge on any atom is 0.496 e. The van der Waals surface area contributed by atoms with Crippen molar-refractivity contribution < 1.29 is 18.9 Å². The predicted molar refractivity (Wildman–Crippen MR) is 243 cm³/mol. The van der Waals surface area contributed by atoms with E-state index in [1.165, 1.54) is 14.8 Å². The van der Waals surface area contributed by atoms with E-state index in [0.717, 1.165) is 54.6 Å². The summed E-state index contributed by atoms with van der Waals surface area (Å²) in [5.74, 6) is 1.38. The highest BCUT2D eigenvalue weighted by Crippen LogP contribution is 2.37. The second kappa shape index (κ2) is 16.3. The fraction of sp³-hybridized carbons (Fsp3) is 0.400. The molecule has 0 aliphatic carbocycles. The summed E-state index contributed by atoms with van der Waals surface area (Å²) in [7, 11) is 6.54. The Morgan fingerprint density at radius 3 is 1.94 bits per heavy atom. The lowest BCUT2D eigenvalue weighted by Crippen LogP contribution is -2.41. The second-order valence-corrected chi connectivity index (χ2v) is 17.6. The van der Waals surface area contributed by atoms with Crippen molar-refractivity contribution in [3.63, 3.8) is 0 Å². The molecule has 1 fully saturated rings. The number of amides is 1.